The second kappa shape index (κ2) is 14.2. The minimum atomic E-state index is -0.233. The van der Waals surface area contributed by atoms with Crippen molar-refractivity contribution in [2.45, 2.75) is 70.5 Å². The van der Waals surface area contributed by atoms with Crippen LogP contribution in [0.5, 0.6) is 0 Å². The van der Waals surface area contributed by atoms with Gasteiger partial charge in [0.15, 0.2) is 0 Å². The van der Waals surface area contributed by atoms with Crippen LogP contribution in [0.3, 0.4) is 0 Å². The number of rotatable bonds is 13. The van der Waals surface area contributed by atoms with Gasteiger partial charge in [0.2, 0.25) is 0 Å². The Balaban J connectivity index is 3.88. The first kappa shape index (κ1) is 18.8. The summed E-state index contributed by atoms with van der Waals surface area (Å²) in [6.07, 6.45) is 7.58. The Morgan fingerprint density at radius 2 is 1.84 bits per heavy atom. The van der Waals surface area contributed by atoms with Crippen molar-refractivity contribution in [2.24, 2.45) is 0 Å². The van der Waals surface area contributed by atoms with Crippen LogP contribution in [-0.2, 0) is 9.53 Å². The first-order chi connectivity index (χ1) is 9.26. The zero-order valence-electron chi connectivity index (χ0n) is 12.5. The zero-order chi connectivity index (χ0) is 14.3. The van der Waals surface area contributed by atoms with Crippen LogP contribution >= 0.6 is 11.8 Å². The van der Waals surface area contributed by atoms with Gasteiger partial charge in [0.1, 0.15) is 5.25 Å². The molecule has 0 fully saturated rings. The van der Waals surface area contributed by atoms with Crippen LogP contribution in [-0.4, -0.2) is 30.3 Å². The summed E-state index contributed by atoms with van der Waals surface area (Å²) in [5.41, 5.74) is 0. The Hall–Kier alpha value is -0.250. The topological polar surface area (TPSA) is 26.3 Å². The van der Waals surface area contributed by atoms with Crippen molar-refractivity contribution in [2.75, 3.05) is 19.0 Å². The third-order valence-corrected chi connectivity index (χ3v) is 4.28. The van der Waals surface area contributed by atoms with E-state index in [0.29, 0.717) is 13.0 Å². The standard InChI is InChI=1S/C15H29FO2S/c1-3-5-10-14(15(17)18-12-6-4-2)19-13-9-7-8-11-16/h14H,3-13H2,1-2H3. The highest BCUT2D eigenvalue weighted by Crippen LogP contribution is 2.21. The SMILES string of the molecule is CCCCOC(=O)C(CCCC)SCCCCCF. The second-order valence-corrected chi connectivity index (χ2v) is 6.08. The molecule has 0 heterocycles. The predicted octanol–water partition coefficient (Wildman–Crippen LogP) is 4.76. The molecule has 0 aromatic rings. The van der Waals surface area contributed by atoms with Crippen molar-refractivity contribution in [3.63, 3.8) is 0 Å². The van der Waals surface area contributed by atoms with E-state index in [1.54, 1.807) is 11.8 Å². The van der Waals surface area contributed by atoms with Crippen LogP contribution in [0.4, 0.5) is 4.39 Å². The fourth-order valence-electron chi connectivity index (χ4n) is 1.67. The van der Waals surface area contributed by atoms with Gasteiger partial charge in [0.05, 0.1) is 13.3 Å². The number of ether oxygens (including phenoxy) is 1. The van der Waals surface area contributed by atoms with E-state index in [-0.39, 0.29) is 17.9 Å². The molecule has 1 unspecified atom stereocenters. The van der Waals surface area contributed by atoms with Gasteiger partial charge in [0, 0.05) is 0 Å². The molecule has 0 rings (SSSR count). The van der Waals surface area contributed by atoms with E-state index < -0.39 is 0 Å². The Morgan fingerprint density at radius 1 is 1.11 bits per heavy atom. The quantitative estimate of drug-likeness (QED) is 0.361. The number of carbonyl (C=O) groups is 1. The molecule has 114 valence electrons. The predicted molar refractivity (Wildman–Crippen MR) is 81.5 cm³/mol. The van der Waals surface area contributed by atoms with E-state index >= 15 is 0 Å². The summed E-state index contributed by atoms with van der Waals surface area (Å²) in [6.45, 7) is 4.52. The monoisotopic (exact) mass is 292 g/mol. The summed E-state index contributed by atoms with van der Waals surface area (Å²) < 4.78 is 17.3. The summed E-state index contributed by atoms with van der Waals surface area (Å²) >= 11 is 1.68. The Labute approximate surface area is 121 Å². The second-order valence-electron chi connectivity index (χ2n) is 4.77. The smallest absolute Gasteiger partial charge is 0.319 e. The minimum absolute atomic E-state index is 0.0258. The van der Waals surface area contributed by atoms with Crippen molar-refractivity contribution in [1.29, 1.82) is 0 Å². The van der Waals surface area contributed by atoms with Crippen molar-refractivity contribution in [1.82, 2.24) is 0 Å². The van der Waals surface area contributed by atoms with Crippen LogP contribution in [0.2, 0.25) is 0 Å². The molecule has 0 aliphatic heterocycles. The van der Waals surface area contributed by atoms with Crippen molar-refractivity contribution in [3.05, 3.63) is 0 Å². The number of halogens is 1. The van der Waals surface area contributed by atoms with Crippen LogP contribution in [0.15, 0.2) is 0 Å². The molecule has 0 spiro atoms. The molecule has 0 N–H and O–H groups in total. The fourth-order valence-corrected chi connectivity index (χ4v) is 2.86. The summed E-state index contributed by atoms with van der Waals surface area (Å²) in [4.78, 5) is 11.9. The molecule has 0 aliphatic carbocycles. The largest absolute Gasteiger partial charge is 0.465 e. The van der Waals surface area contributed by atoms with Gasteiger partial charge >= 0.3 is 5.97 Å². The van der Waals surface area contributed by atoms with Crippen LogP contribution in [0.1, 0.15) is 65.2 Å². The van der Waals surface area contributed by atoms with Gasteiger partial charge in [-0.15, -0.1) is 11.8 Å². The molecule has 0 bridgehead atoms. The maximum atomic E-state index is 12.0. The van der Waals surface area contributed by atoms with Gasteiger partial charge in [-0.2, -0.15) is 0 Å². The highest BCUT2D eigenvalue weighted by molar-refractivity contribution is 8.00. The molecular weight excluding hydrogens is 263 g/mol. The van der Waals surface area contributed by atoms with E-state index in [1.165, 1.54) is 0 Å². The lowest BCUT2D eigenvalue weighted by Gasteiger charge is -2.15. The van der Waals surface area contributed by atoms with Crippen LogP contribution in [0, 0.1) is 0 Å². The normalized spacial score (nSPS) is 12.4. The maximum Gasteiger partial charge on any atom is 0.319 e. The fraction of sp³-hybridized carbons (Fsp3) is 0.933. The number of esters is 1. The third-order valence-electron chi connectivity index (χ3n) is 2.92. The summed E-state index contributed by atoms with van der Waals surface area (Å²) in [6, 6.07) is 0. The van der Waals surface area contributed by atoms with E-state index in [9.17, 15) is 9.18 Å². The van der Waals surface area contributed by atoms with Gasteiger partial charge in [-0.3, -0.25) is 9.18 Å². The van der Waals surface area contributed by atoms with Gasteiger partial charge in [-0.05, 0) is 31.4 Å². The van der Waals surface area contributed by atoms with E-state index in [0.717, 1.165) is 50.7 Å². The lowest BCUT2D eigenvalue weighted by Crippen LogP contribution is -2.21. The molecule has 4 heteroatoms. The molecule has 0 saturated heterocycles. The molecule has 1 atom stereocenters. The van der Waals surface area contributed by atoms with Gasteiger partial charge in [-0.1, -0.05) is 39.5 Å². The van der Waals surface area contributed by atoms with Crippen molar-refractivity contribution < 1.29 is 13.9 Å². The molecular formula is C15H29FO2S. The highest BCUT2D eigenvalue weighted by atomic mass is 32.2. The summed E-state index contributed by atoms with van der Waals surface area (Å²) in [5, 5.41) is -0.0258. The highest BCUT2D eigenvalue weighted by Gasteiger charge is 2.19. The first-order valence-corrected chi connectivity index (χ1v) is 8.65. The molecule has 0 saturated carbocycles. The molecule has 0 aromatic carbocycles. The average molecular weight is 292 g/mol. The zero-order valence-corrected chi connectivity index (χ0v) is 13.3. The minimum Gasteiger partial charge on any atom is -0.465 e. The van der Waals surface area contributed by atoms with Crippen molar-refractivity contribution in [3.8, 4) is 0 Å². The lowest BCUT2D eigenvalue weighted by molar-refractivity contribution is -0.143. The number of thioether (sulfide) groups is 1. The summed E-state index contributed by atoms with van der Waals surface area (Å²) in [5.74, 6) is 0.870. The molecule has 19 heavy (non-hydrogen) atoms. The first-order valence-electron chi connectivity index (χ1n) is 7.60. The van der Waals surface area contributed by atoms with E-state index in [2.05, 4.69) is 13.8 Å². The van der Waals surface area contributed by atoms with Crippen LogP contribution in [0.25, 0.3) is 0 Å². The van der Waals surface area contributed by atoms with E-state index in [4.69, 9.17) is 4.74 Å². The number of hydrogen-bond acceptors (Lipinski definition) is 3. The maximum absolute atomic E-state index is 12.0. The molecule has 2 nitrogen and oxygen atoms in total. The number of carbonyl (C=O) groups excluding carboxylic acids is 1. The summed E-state index contributed by atoms with van der Waals surface area (Å²) in [7, 11) is 0. The molecule has 0 radical (unpaired) electrons. The average Bonchev–Trinajstić information content (AvgIpc) is 2.42. The Morgan fingerprint density at radius 3 is 2.47 bits per heavy atom. The number of alkyl halides is 1. The number of hydrogen-bond donors (Lipinski definition) is 0. The van der Waals surface area contributed by atoms with Gasteiger partial charge in [0.25, 0.3) is 0 Å². The lowest BCUT2D eigenvalue weighted by atomic mass is 10.2. The number of unbranched alkanes of at least 4 members (excludes halogenated alkanes) is 4. The molecule has 0 aliphatic rings. The van der Waals surface area contributed by atoms with Crippen molar-refractivity contribution >= 4 is 17.7 Å². The molecule has 0 aromatic heterocycles. The van der Waals surface area contributed by atoms with Gasteiger partial charge in [-0.25, -0.2) is 0 Å². The third kappa shape index (κ3) is 11.3. The van der Waals surface area contributed by atoms with Gasteiger partial charge < -0.3 is 4.74 Å². The molecule has 0 amide bonds. The Bertz CT molecular complexity index is 212. The van der Waals surface area contributed by atoms with E-state index in [1.807, 2.05) is 0 Å². The van der Waals surface area contributed by atoms with Crippen LogP contribution < -0.4 is 0 Å². The Kier molecular flexibility index (Phi) is 14.0.